The van der Waals surface area contributed by atoms with Gasteiger partial charge in [-0.1, -0.05) is 0 Å². The summed E-state index contributed by atoms with van der Waals surface area (Å²) in [6.45, 7) is 2.18. The van der Waals surface area contributed by atoms with E-state index in [2.05, 4.69) is 31.7 Å². The molecule has 1 aliphatic rings. The van der Waals surface area contributed by atoms with E-state index in [0.717, 1.165) is 0 Å². The van der Waals surface area contributed by atoms with Gasteiger partial charge >= 0.3 is 0 Å². The number of hydrazine groups is 1. The third-order valence-corrected chi connectivity index (χ3v) is 5.21. The molecule has 100 valence electrons. The largest absolute Gasteiger partial charge is 0.322 e. The van der Waals surface area contributed by atoms with Gasteiger partial charge in [0.15, 0.2) is 0 Å². The molecule has 1 saturated heterocycles. The minimum atomic E-state index is -3.57. The number of piperazine rings is 1. The highest BCUT2D eigenvalue weighted by molar-refractivity contribution is 9.10. The number of hydrogen-bond donors (Lipinski definition) is 3. The first kappa shape index (κ1) is 13.7. The van der Waals surface area contributed by atoms with Crippen molar-refractivity contribution in [2.45, 2.75) is 4.90 Å². The molecule has 7 nitrogen and oxygen atoms in total. The fourth-order valence-corrected chi connectivity index (χ4v) is 3.92. The van der Waals surface area contributed by atoms with Gasteiger partial charge in [0, 0.05) is 38.6 Å². The number of halogens is 1. The first-order valence-electron chi connectivity index (χ1n) is 5.38. The molecule has 0 unspecified atom stereocenters. The van der Waals surface area contributed by atoms with Crippen molar-refractivity contribution in [3.63, 3.8) is 0 Å². The maximum Gasteiger partial charge on any atom is 0.246 e. The number of hydrogen-bond acceptors (Lipinski definition) is 6. The molecule has 9 heteroatoms. The lowest BCUT2D eigenvalue weighted by Gasteiger charge is -2.27. The molecule has 0 spiro atoms. The molecule has 0 saturated carbocycles. The molecule has 1 fully saturated rings. The van der Waals surface area contributed by atoms with Gasteiger partial charge in [-0.3, -0.25) is 10.8 Å². The lowest BCUT2D eigenvalue weighted by atomic mass is 10.4. The molecule has 0 aromatic carbocycles. The molecular formula is C9H14BrN5O2S. The zero-order chi connectivity index (χ0) is 13.2. The minimum Gasteiger partial charge on any atom is -0.322 e. The molecule has 0 atom stereocenters. The van der Waals surface area contributed by atoms with E-state index in [-0.39, 0.29) is 4.90 Å². The summed E-state index contributed by atoms with van der Waals surface area (Å²) in [7, 11) is -3.57. The maximum atomic E-state index is 12.5. The van der Waals surface area contributed by atoms with Crippen LogP contribution in [0, 0.1) is 0 Å². The highest BCUT2D eigenvalue weighted by Crippen LogP contribution is 2.29. The van der Waals surface area contributed by atoms with Crippen LogP contribution in [-0.4, -0.2) is 43.9 Å². The van der Waals surface area contributed by atoms with Gasteiger partial charge < -0.3 is 10.7 Å². The fraction of sp³-hybridized carbons (Fsp3) is 0.444. The Hall–Kier alpha value is -0.740. The minimum absolute atomic E-state index is 0.0845. The van der Waals surface area contributed by atoms with Gasteiger partial charge in [-0.15, -0.1) is 0 Å². The first-order valence-corrected chi connectivity index (χ1v) is 7.61. The molecule has 2 heterocycles. The fourth-order valence-electron chi connectivity index (χ4n) is 1.78. The molecule has 1 aliphatic heterocycles. The van der Waals surface area contributed by atoms with Crippen LogP contribution in [0.2, 0.25) is 0 Å². The van der Waals surface area contributed by atoms with Crippen LogP contribution in [0.1, 0.15) is 0 Å². The molecule has 4 N–H and O–H groups in total. The quantitative estimate of drug-likeness (QED) is 0.519. The van der Waals surface area contributed by atoms with Gasteiger partial charge in [-0.2, -0.15) is 4.31 Å². The predicted molar refractivity (Wildman–Crippen MR) is 71.4 cm³/mol. The smallest absolute Gasteiger partial charge is 0.246 e. The number of nitrogen functional groups attached to an aromatic ring is 1. The summed E-state index contributed by atoms with van der Waals surface area (Å²) < 4.78 is 26.9. The summed E-state index contributed by atoms with van der Waals surface area (Å²) in [5, 5.41) is 3.11. The predicted octanol–water partition coefficient (Wildman–Crippen LogP) is -0.276. The Labute approximate surface area is 114 Å². The normalized spacial score (nSPS) is 17.7. The van der Waals surface area contributed by atoms with Gasteiger partial charge in [-0.25, -0.2) is 8.42 Å². The van der Waals surface area contributed by atoms with Crippen LogP contribution in [0.3, 0.4) is 0 Å². The Morgan fingerprint density at radius 1 is 1.39 bits per heavy atom. The highest BCUT2D eigenvalue weighted by Gasteiger charge is 2.29. The van der Waals surface area contributed by atoms with Crippen LogP contribution in [0.4, 0.5) is 5.69 Å². The third kappa shape index (κ3) is 2.50. The van der Waals surface area contributed by atoms with Gasteiger partial charge in [0.1, 0.15) is 4.90 Å². The number of nitrogens with zero attached hydrogens (tertiary/aromatic N) is 2. The Morgan fingerprint density at radius 3 is 2.67 bits per heavy atom. The van der Waals surface area contributed by atoms with Crippen molar-refractivity contribution in [1.82, 2.24) is 14.6 Å². The highest BCUT2D eigenvalue weighted by atomic mass is 79.9. The molecule has 1 aromatic heterocycles. The summed E-state index contributed by atoms with van der Waals surface area (Å²) >= 11 is 3.22. The van der Waals surface area contributed by atoms with Crippen molar-refractivity contribution in [3.8, 4) is 0 Å². The molecule has 0 amide bonds. The number of anilines is 1. The van der Waals surface area contributed by atoms with Gasteiger partial charge in [0.05, 0.1) is 10.2 Å². The van der Waals surface area contributed by atoms with E-state index in [4.69, 9.17) is 5.84 Å². The lowest BCUT2D eigenvalue weighted by molar-refractivity contribution is 0.360. The average molecular weight is 336 g/mol. The molecule has 0 radical (unpaired) electrons. The summed E-state index contributed by atoms with van der Waals surface area (Å²) in [5.41, 5.74) is 2.72. The number of pyridine rings is 1. The van der Waals surface area contributed by atoms with E-state index in [0.29, 0.717) is 36.3 Å². The van der Waals surface area contributed by atoms with Gasteiger partial charge in [0.25, 0.3) is 0 Å². The van der Waals surface area contributed by atoms with Crippen LogP contribution in [0.5, 0.6) is 0 Å². The van der Waals surface area contributed by atoms with Crippen LogP contribution >= 0.6 is 15.9 Å². The number of aromatic nitrogens is 1. The lowest BCUT2D eigenvalue weighted by Crippen LogP contribution is -2.46. The molecule has 1 aromatic rings. The number of sulfonamides is 1. The van der Waals surface area contributed by atoms with Crippen LogP contribution in [-0.2, 0) is 10.0 Å². The van der Waals surface area contributed by atoms with Gasteiger partial charge in [0.2, 0.25) is 10.0 Å². The first-order chi connectivity index (χ1) is 8.57. The van der Waals surface area contributed by atoms with E-state index in [1.165, 1.54) is 16.7 Å². The zero-order valence-electron chi connectivity index (χ0n) is 9.56. The van der Waals surface area contributed by atoms with Crippen molar-refractivity contribution in [3.05, 3.63) is 16.9 Å². The van der Waals surface area contributed by atoms with E-state index in [9.17, 15) is 8.42 Å². The maximum absolute atomic E-state index is 12.5. The molecule has 18 heavy (non-hydrogen) atoms. The Bertz CT molecular complexity index is 530. The zero-order valence-corrected chi connectivity index (χ0v) is 12.0. The third-order valence-electron chi connectivity index (χ3n) is 2.70. The van der Waals surface area contributed by atoms with Gasteiger partial charge in [-0.05, 0) is 15.9 Å². The van der Waals surface area contributed by atoms with Crippen molar-refractivity contribution >= 4 is 31.6 Å². The summed E-state index contributed by atoms with van der Waals surface area (Å²) in [6, 6.07) is 0. The van der Waals surface area contributed by atoms with Crippen LogP contribution in [0.25, 0.3) is 0 Å². The molecule has 2 rings (SSSR count). The van der Waals surface area contributed by atoms with E-state index >= 15 is 0 Å². The van der Waals surface area contributed by atoms with Crippen LogP contribution in [0.15, 0.2) is 21.8 Å². The van der Waals surface area contributed by atoms with Crippen LogP contribution < -0.4 is 16.6 Å². The second-order valence-corrected chi connectivity index (χ2v) is 6.55. The summed E-state index contributed by atoms with van der Waals surface area (Å²) in [4.78, 5) is 3.97. The summed E-state index contributed by atoms with van der Waals surface area (Å²) in [6.07, 6.45) is 2.79. The second kappa shape index (κ2) is 5.49. The molecule has 0 aliphatic carbocycles. The Balaban J connectivity index is 2.43. The van der Waals surface area contributed by atoms with Crippen molar-refractivity contribution in [2.24, 2.45) is 5.84 Å². The number of nitrogens with one attached hydrogen (secondary N) is 2. The topological polar surface area (TPSA) is 100 Å². The van der Waals surface area contributed by atoms with E-state index in [1.807, 2.05) is 0 Å². The number of nitrogens with two attached hydrogens (primary N) is 1. The molecule has 0 bridgehead atoms. The molecular weight excluding hydrogens is 322 g/mol. The second-order valence-electron chi connectivity index (χ2n) is 3.79. The van der Waals surface area contributed by atoms with Crippen molar-refractivity contribution in [1.29, 1.82) is 0 Å². The van der Waals surface area contributed by atoms with E-state index < -0.39 is 10.0 Å². The van der Waals surface area contributed by atoms with E-state index in [1.54, 1.807) is 0 Å². The average Bonchev–Trinajstić information content (AvgIpc) is 2.39. The Kier molecular flexibility index (Phi) is 4.17. The Morgan fingerprint density at radius 2 is 2.06 bits per heavy atom. The summed E-state index contributed by atoms with van der Waals surface area (Å²) in [5.74, 6) is 5.37. The monoisotopic (exact) mass is 335 g/mol. The standard InChI is InChI=1S/C9H14BrN5O2S/c10-7-5-13-6-8(9(7)14-11)18(16,17)15-3-1-12-2-4-15/h5-6,12H,1-4,11H2,(H,13,14). The van der Waals surface area contributed by atoms with Crippen molar-refractivity contribution in [2.75, 3.05) is 31.6 Å². The van der Waals surface area contributed by atoms with Crippen molar-refractivity contribution < 1.29 is 8.42 Å². The SMILES string of the molecule is NNc1c(Br)cncc1S(=O)(=O)N1CCNCC1. The number of rotatable bonds is 3.